The summed E-state index contributed by atoms with van der Waals surface area (Å²) in [6.07, 6.45) is 8.63. The molecule has 3 heterocycles. The minimum Gasteiger partial charge on any atom is -0.437 e. The van der Waals surface area contributed by atoms with E-state index >= 15 is 0 Å². The lowest BCUT2D eigenvalue weighted by Crippen LogP contribution is -2.29. The first-order chi connectivity index (χ1) is 16.6. The van der Waals surface area contributed by atoms with Gasteiger partial charge in [-0.05, 0) is 62.3 Å². The Morgan fingerprint density at radius 2 is 1.85 bits per heavy atom. The van der Waals surface area contributed by atoms with Gasteiger partial charge in [0.2, 0.25) is 5.88 Å². The molecule has 0 spiro atoms. The summed E-state index contributed by atoms with van der Waals surface area (Å²) in [6, 6.07) is 11.2. The molecule has 170 valence electrons. The van der Waals surface area contributed by atoms with Crippen molar-refractivity contribution in [3.8, 4) is 40.1 Å². The Morgan fingerprint density at radius 1 is 1.00 bits per heavy atom. The lowest BCUT2D eigenvalue weighted by atomic mass is 10.0. The standard InChI is InChI=1S/C25H20F2N6O/c26-22-4-1-16(10-23(22)27)24-13-30-14-25(32-24)34-20-2-3-21(17(9-20)11-28)18-12-31-33(15-18)19-5-7-29-8-6-19/h1-4,9-10,12-15,19,29H,5-8H2. The number of nitrogens with zero attached hydrogens (tertiary/aromatic N) is 5. The topological polar surface area (TPSA) is 88.7 Å². The van der Waals surface area contributed by atoms with Gasteiger partial charge in [0.25, 0.3) is 0 Å². The highest BCUT2D eigenvalue weighted by Gasteiger charge is 2.17. The van der Waals surface area contributed by atoms with Crippen LogP contribution in [0.4, 0.5) is 8.78 Å². The fourth-order valence-corrected chi connectivity index (χ4v) is 3.99. The Morgan fingerprint density at radius 3 is 2.65 bits per heavy atom. The average Bonchev–Trinajstić information content (AvgIpc) is 3.36. The minimum absolute atomic E-state index is 0.164. The second-order valence-corrected chi connectivity index (χ2v) is 7.98. The summed E-state index contributed by atoms with van der Waals surface area (Å²) in [5.74, 6) is -1.33. The van der Waals surface area contributed by atoms with Crippen molar-refractivity contribution < 1.29 is 13.5 Å². The zero-order valence-corrected chi connectivity index (χ0v) is 18.1. The molecule has 1 fully saturated rings. The molecular weight excluding hydrogens is 438 g/mol. The Balaban J connectivity index is 1.37. The van der Waals surface area contributed by atoms with Gasteiger partial charge in [0.05, 0.1) is 42.0 Å². The molecule has 9 heteroatoms. The fraction of sp³-hybridized carbons (Fsp3) is 0.200. The zero-order chi connectivity index (χ0) is 23.5. The molecule has 1 saturated heterocycles. The van der Waals surface area contributed by atoms with E-state index < -0.39 is 11.6 Å². The molecule has 1 aliphatic heterocycles. The van der Waals surface area contributed by atoms with Gasteiger partial charge in [-0.15, -0.1) is 0 Å². The van der Waals surface area contributed by atoms with Gasteiger partial charge in [-0.2, -0.15) is 10.4 Å². The van der Waals surface area contributed by atoms with E-state index in [1.807, 2.05) is 16.9 Å². The number of hydrogen-bond acceptors (Lipinski definition) is 6. The van der Waals surface area contributed by atoms with Gasteiger partial charge in [0.15, 0.2) is 11.6 Å². The van der Waals surface area contributed by atoms with Crippen molar-refractivity contribution in [2.45, 2.75) is 18.9 Å². The molecular formula is C25H20F2N6O. The lowest BCUT2D eigenvalue weighted by Gasteiger charge is -2.22. The summed E-state index contributed by atoms with van der Waals surface area (Å²) < 4.78 is 34.6. The third-order valence-electron chi connectivity index (χ3n) is 5.76. The van der Waals surface area contributed by atoms with Gasteiger partial charge in [-0.25, -0.2) is 13.8 Å². The van der Waals surface area contributed by atoms with E-state index in [9.17, 15) is 14.0 Å². The molecule has 1 N–H and O–H groups in total. The van der Waals surface area contributed by atoms with Crippen LogP contribution < -0.4 is 10.1 Å². The quantitative estimate of drug-likeness (QED) is 0.459. The first-order valence-electron chi connectivity index (χ1n) is 10.9. The molecule has 4 aromatic rings. The zero-order valence-electron chi connectivity index (χ0n) is 18.1. The van der Waals surface area contributed by atoms with E-state index in [1.54, 1.807) is 18.3 Å². The summed E-state index contributed by atoms with van der Waals surface area (Å²) >= 11 is 0. The van der Waals surface area contributed by atoms with Crippen molar-refractivity contribution >= 4 is 0 Å². The first-order valence-corrected chi connectivity index (χ1v) is 10.9. The molecule has 0 saturated carbocycles. The normalized spacial score (nSPS) is 14.0. The van der Waals surface area contributed by atoms with Crippen LogP contribution in [0.2, 0.25) is 0 Å². The van der Waals surface area contributed by atoms with Crippen molar-refractivity contribution in [2.24, 2.45) is 0 Å². The van der Waals surface area contributed by atoms with Gasteiger partial charge in [0, 0.05) is 22.9 Å². The van der Waals surface area contributed by atoms with Gasteiger partial charge in [0.1, 0.15) is 5.75 Å². The molecule has 5 rings (SSSR count). The van der Waals surface area contributed by atoms with E-state index in [0.717, 1.165) is 49.2 Å². The highest BCUT2D eigenvalue weighted by Crippen LogP contribution is 2.30. The smallest absolute Gasteiger partial charge is 0.238 e. The van der Waals surface area contributed by atoms with Crippen molar-refractivity contribution in [3.63, 3.8) is 0 Å². The number of nitriles is 1. The Labute approximate surface area is 194 Å². The summed E-state index contributed by atoms with van der Waals surface area (Å²) in [7, 11) is 0. The molecule has 0 atom stereocenters. The summed E-state index contributed by atoms with van der Waals surface area (Å²) in [6.45, 7) is 1.94. The van der Waals surface area contributed by atoms with Gasteiger partial charge in [-0.3, -0.25) is 9.67 Å². The number of ether oxygens (including phenoxy) is 1. The van der Waals surface area contributed by atoms with Crippen molar-refractivity contribution in [3.05, 3.63) is 78.4 Å². The highest BCUT2D eigenvalue weighted by molar-refractivity contribution is 5.70. The number of hydrogen-bond donors (Lipinski definition) is 1. The molecule has 0 bridgehead atoms. The minimum atomic E-state index is -0.969. The van der Waals surface area contributed by atoms with E-state index in [1.165, 1.54) is 18.5 Å². The van der Waals surface area contributed by atoms with Crippen LogP contribution in [0.25, 0.3) is 22.4 Å². The van der Waals surface area contributed by atoms with Gasteiger partial charge >= 0.3 is 0 Å². The van der Waals surface area contributed by atoms with Crippen LogP contribution in [0, 0.1) is 23.0 Å². The van der Waals surface area contributed by atoms with Crippen molar-refractivity contribution in [2.75, 3.05) is 13.1 Å². The van der Waals surface area contributed by atoms with Gasteiger partial charge in [-0.1, -0.05) is 0 Å². The maximum atomic E-state index is 13.6. The molecule has 7 nitrogen and oxygen atoms in total. The largest absolute Gasteiger partial charge is 0.437 e. The fourth-order valence-electron chi connectivity index (χ4n) is 3.99. The van der Waals surface area contributed by atoms with E-state index in [2.05, 4.69) is 26.5 Å². The average molecular weight is 458 g/mol. The maximum Gasteiger partial charge on any atom is 0.238 e. The molecule has 0 radical (unpaired) electrons. The summed E-state index contributed by atoms with van der Waals surface area (Å²) in [5.41, 5.74) is 2.76. The van der Waals surface area contributed by atoms with Crippen LogP contribution in [-0.2, 0) is 0 Å². The number of benzene rings is 2. The third-order valence-corrected chi connectivity index (χ3v) is 5.76. The summed E-state index contributed by atoms with van der Waals surface area (Å²) in [5, 5.41) is 17.6. The molecule has 0 unspecified atom stereocenters. The molecule has 1 aliphatic rings. The second kappa shape index (κ2) is 9.37. The number of piperidine rings is 1. The Hall–Kier alpha value is -4.16. The second-order valence-electron chi connectivity index (χ2n) is 7.98. The highest BCUT2D eigenvalue weighted by atomic mass is 19.2. The summed E-state index contributed by atoms with van der Waals surface area (Å²) in [4.78, 5) is 8.40. The Kier molecular flexibility index (Phi) is 5.97. The van der Waals surface area contributed by atoms with Gasteiger partial charge < -0.3 is 10.1 Å². The van der Waals surface area contributed by atoms with E-state index in [-0.39, 0.29) is 5.88 Å². The van der Waals surface area contributed by atoms with Crippen LogP contribution >= 0.6 is 0 Å². The van der Waals surface area contributed by atoms with E-state index in [4.69, 9.17) is 4.74 Å². The maximum absolute atomic E-state index is 13.6. The van der Waals surface area contributed by atoms with Crippen molar-refractivity contribution in [1.82, 2.24) is 25.1 Å². The molecule has 0 amide bonds. The number of halogens is 2. The monoisotopic (exact) mass is 458 g/mol. The predicted octanol–water partition coefficient (Wildman–Crippen LogP) is 4.87. The van der Waals surface area contributed by atoms with E-state index in [0.29, 0.717) is 28.6 Å². The van der Waals surface area contributed by atoms with Crippen LogP contribution in [0.3, 0.4) is 0 Å². The predicted molar refractivity (Wildman–Crippen MR) is 121 cm³/mol. The number of aromatic nitrogens is 4. The third kappa shape index (κ3) is 4.49. The van der Waals surface area contributed by atoms with Crippen LogP contribution in [0.5, 0.6) is 11.6 Å². The molecule has 2 aromatic heterocycles. The molecule has 0 aliphatic carbocycles. The lowest BCUT2D eigenvalue weighted by molar-refractivity contribution is 0.343. The van der Waals surface area contributed by atoms with Crippen LogP contribution in [-0.4, -0.2) is 32.8 Å². The van der Waals surface area contributed by atoms with Crippen molar-refractivity contribution in [1.29, 1.82) is 5.26 Å². The first kappa shape index (κ1) is 21.7. The number of nitrogens with one attached hydrogen (secondary N) is 1. The number of rotatable bonds is 5. The van der Waals surface area contributed by atoms with Crippen LogP contribution in [0.15, 0.2) is 61.2 Å². The SMILES string of the molecule is N#Cc1cc(Oc2cncc(-c3ccc(F)c(F)c3)n2)ccc1-c1cnn(C2CCNCC2)c1. The molecule has 2 aromatic carbocycles. The Bertz CT molecular complexity index is 1370. The molecule has 34 heavy (non-hydrogen) atoms. The van der Waals surface area contributed by atoms with Crippen LogP contribution in [0.1, 0.15) is 24.4 Å².